The van der Waals surface area contributed by atoms with Crippen molar-refractivity contribution >= 4 is 0 Å². The molecule has 1 heterocycles. The van der Waals surface area contributed by atoms with Crippen LogP contribution in [0.4, 0.5) is 0 Å². The molecule has 0 bridgehead atoms. The first-order valence-electron chi connectivity index (χ1n) is 4.67. The summed E-state index contributed by atoms with van der Waals surface area (Å²) < 4.78 is 0. The predicted molar refractivity (Wildman–Crippen MR) is 54.1 cm³/mol. The van der Waals surface area contributed by atoms with Crippen molar-refractivity contribution in [2.45, 2.75) is 33.7 Å². The molecular weight excluding hydrogens is 162 g/mol. The lowest BCUT2D eigenvalue weighted by atomic mass is 9.76. The van der Waals surface area contributed by atoms with E-state index in [-0.39, 0.29) is 11.5 Å². The van der Waals surface area contributed by atoms with Crippen LogP contribution in [0.3, 0.4) is 0 Å². The Kier molecular flexibility index (Phi) is 2.76. The predicted octanol–water partition coefficient (Wildman–Crippen LogP) is 2.09. The molecule has 0 aliphatic heterocycles. The van der Waals surface area contributed by atoms with Crippen molar-refractivity contribution in [3.05, 3.63) is 18.0 Å². The zero-order chi connectivity index (χ0) is 10.1. The van der Waals surface area contributed by atoms with E-state index in [2.05, 4.69) is 37.9 Å². The van der Waals surface area contributed by atoms with Crippen molar-refractivity contribution in [3.63, 3.8) is 0 Å². The van der Waals surface area contributed by atoms with Gasteiger partial charge in [-0.2, -0.15) is 5.10 Å². The lowest BCUT2D eigenvalue weighted by Crippen LogP contribution is -2.29. The zero-order valence-corrected chi connectivity index (χ0v) is 8.83. The molecule has 0 aromatic carbocycles. The van der Waals surface area contributed by atoms with Crippen LogP contribution in [-0.4, -0.2) is 10.2 Å². The Bertz CT molecular complexity index is 246. The summed E-state index contributed by atoms with van der Waals surface area (Å²) in [4.78, 5) is 0. The van der Waals surface area contributed by atoms with E-state index in [1.165, 1.54) is 0 Å². The Morgan fingerprint density at radius 1 is 1.46 bits per heavy atom. The molecule has 3 N–H and O–H groups in total. The Morgan fingerprint density at radius 3 is 2.46 bits per heavy atom. The number of nitrogens with zero attached hydrogens (tertiary/aromatic N) is 1. The van der Waals surface area contributed by atoms with Gasteiger partial charge in [-0.05, 0) is 11.3 Å². The van der Waals surface area contributed by atoms with E-state index >= 15 is 0 Å². The molecule has 0 spiro atoms. The summed E-state index contributed by atoms with van der Waals surface area (Å²) in [6.45, 7) is 8.80. The van der Waals surface area contributed by atoms with Crippen LogP contribution in [0.1, 0.15) is 39.3 Å². The molecule has 1 rings (SSSR count). The largest absolute Gasteiger partial charge is 0.324 e. The fraction of sp³-hybridized carbons (Fsp3) is 0.700. The lowest BCUT2D eigenvalue weighted by molar-refractivity contribution is 0.222. The van der Waals surface area contributed by atoms with Crippen LogP contribution in [0.5, 0.6) is 0 Å². The number of aromatic nitrogens is 2. The molecular formula is C10H19N3. The van der Waals surface area contributed by atoms with Crippen LogP contribution in [0, 0.1) is 11.3 Å². The highest BCUT2D eigenvalue weighted by atomic mass is 15.1. The fourth-order valence-corrected chi connectivity index (χ4v) is 1.27. The van der Waals surface area contributed by atoms with E-state index in [0.29, 0.717) is 5.92 Å². The molecule has 0 saturated carbocycles. The number of aromatic amines is 1. The summed E-state index contributed by atoms with van der Waals surface area (Å²) in [6, 6.07) is 0.0683. The SMILES string of the molecule is CC(C(N)c1cn[nH]c1)C(C)(C)C. The number of rotatable bonds is 2. The van der Waals surface area contributed by atoms with E-state index < -0.39 is 0 Å². The smallest absolute Gasteiger partial charge is 0.0535 e. The minimum Gasteiger partial charge on any atom is -0.324 e. The maximum Gasteiger partial charge on any atom is 0.0535 e. The zero-order valence-electron chi connectivity index (χ0n) is 8.83. The molecule has 1 aromatic rings. The molecule has 3 nitrogen and oxygen atoms in total. The Hall–Kier alpha value is -0.830. The van der Waals surface area contributed by atoms with Crippen molar-refractivity contribution in [2.24, 2.45) is 17.1 Å². The first-order valence-corrected chi connectivity index (χ1v) is 4.67. The molecule has 3 heteroatoms. The highest BCUT2D eigenvalue weighted by Gasteiger charge is 2.27. The van der Waals surface area contributed by atoms with E-state index in [9.17, 15) is 0 Å². The first-order chi connectivity index (χ1) is 5.93. The number of hydrogen-bond acceptors (Lipinski definition) is 2. The second-order valence-corrected chi connectivity index (χ2v) is 4.71. The van der Waals surface area contributed by atoms with Crippen LogP contribution in [0.25, 0.3) is 0 Å². The van der Waals surface area contributed by atoms with E-state index in [4.69, 9.17) is 5.73 Å². The molecule has 1 aromatic heterocycles. The lowest BCUT2D eigenvalue weighted by Gasteiger charge is -2.31. The minimum atomic E-state index is 0.0683. The summed E-state index contributed by atoms with van der Waals surface area (Å²) in [5.41, 5.74) is 7.43. The number of H-pyrrole nitrogens is 1. The molecule has 74 valence electrons. The molecule has 2 unspecified atom stereocenters. The van der Waals surface area contributed by atoms with Crippen molar-refractivity contribution in [2.75, 3.05) is 0 Å². The van der Waals surface area contributed by atoms with Gasteiger partial charge in [-0.15, -0.1) is 0 Å². The molecule has 2 atom stereocenters. The van der Waals surface area contributed by atoms with Gasteiger partial charge in [0.25, 0.3) is 0 Å². The Morgan fingerprint density at radius 2 is 2.08 bits per heavy atom. The van der Waals surface area contributed by atoms with Crippen molar-refractivity contribution < 1.29 is 0 Å². The van der Waals surface area contributed by atoms with Gasteiger partial charge in [0.05, 0.1) is 6.20 Å². The first kappa shape index (κ1) is 10.3. The maximum absolute atomic E-state index is 6.11. The maximum atomic E-state index is 6.11. The normalized spacial score (nSPS) is 17.0. The second-order valence-electron chi connectivity index (χ2n) is 4.71. The fourth-order valence-electron chi connectivity index (χ4n) is 1.27. The van der Waals surface area contributed by atoms with Gasteiger partial charge < -0.3 is 5.73 Å². The van der Waals surface area contributed by atoms with E-state index in [1.54, 1.807) is 6.20 Å². The molecule has 13 heavy (non-hydrogen) atoms. The number of nitrogens with one attached hydrogen (secondary N) is 1. The van der Waals surface area contributed by atoms with Gasteiger partial charge in [-0.1, -0.05) is 27.7 Å². The summed E-state index contributed by atoms with van der Waals surface area (Å²) >= 11 is 0. The van der Waals surface area contributed by atoms with Crippen LogP contribution < -0.4 is 5.73 Å². The van der Waals surface area contributed by atoms with E-state index in [0.717, 1.165) is 5.56 Å². The molecule has 0 saturated heterocycles. The third-order valence-electron chi connectivity index (χ3n) is 2.81. The van der Waals surface area contributed by atoms with Crippen LogP contribution in [-0.2, 0) is 0 Å². The summed E-state index contributed by atoms with van der Waals surface area (Å²) in [7, 11) is 0. The summed E-state index contributed by atoms with van der Waals surface area (Å²) in [5, 5.41) is 6.69. The van der Waals surface area contributed by atoms with Gasteiger partial charge in [0.1, 0.15) is 0 Å². The molecule has 0 radical (unpaired) electrons. The standard InChI is InChI=1S/C10H19N3/c1-7(10(2,3)4)9(11)8-5-12-13-6-8/h5-7,9H,11H2,1-4H3,(H,12,13). The molecule has 0 aliphatic carbocycles. The van der Waals surface area contributed by atoms with Gasteiger partial charge in [0.2, 0.25) is 0 Å². The average molecular weight is 181 g/mol. The van der Waals surface area contributed by atoms with Crippen LogP contribution in [0.2, 0.25) is 0 Å². The third-order valence-corrected chi connectivity index (χ3v) is 2.81. The molecule has 0 amide bonds. The van der Waals surface area contributed by atoms with Gasteiger partial charge >= 0.3 is 0 Å². The Labute approximate surface area is 79.7 Å². The quantitative estimate of drug-likeness (QED) is 0.734. The minimum absolute atomic E-state index is 0.0683. The van der Waals surface area contributed by atoms with Crippen molar-refractivity contribution in [3.8, 4) is 0 Å². The topological polar surface area (TPSA) is 54.7 Å². The van der Waals surface area contributed by atoms with Gasteiger partial charge in [-0.3, -0.25) is 5.10 Å². The van der Waals surface area contributed by atoms with Crippen molar-refractivity contribution in [1.82, 2.24) is 10.2 Å². The van der Waals surface area contributed by atoms with Gasteiger partial charge in [0, 0.05) is 17.8 Å². The van der Waals surface area contributed by atoms with Gasteiger partial charge in [-0.25, -0.2) is 0 Å². The molecule has 0 fully saturated rings. The average Bonchev–Trinajstić information content (AvgIpc) is 2.51. The monoisotopic (exact) mass is 181 g/mol. The number of nitrogens with two attached hydrogens (primary N) is 1. The van der Waals surface area contributed by atoms with Crippen LogP contribution in [0.15, 0.2) is 12.4 Å². The highest BCUT2D eigenvalue weighted by Crippen LogP contribution is 2.33. The van der Waals surface area contributed by atoms with Crippen molar-refractivity contribution in [1.29, 1.82) is 0 Å². The highest BCUT2D eigenvalue weighted by molar-refractivity contribution is 5.10. The summed E-state index contributed by atoms with van der Waals surface area (Å²) in [5.74, 6) is 0.435. The van der Waals surface area contributed by atoms with E-state index in [1.807, 2.05) is 6.20 Å². The van der Waals surface area contributed by atoms with Crippen LogP contribution >= 0.6 is 0 Å². The van der Waals surface area contributed by atoms with Gasteiger partial charge in [0.15, 0.2) is 0 Å². The third kappa shape index (κ3) is 2.31. The Balaban J connectivity index is 2.74. The summed E-state index contributed by atoms with van der Waals surface area (Å²) in [6.07, 6.45) is 3.67. The second kappa shape index (κ2) is 3.50. The number of hydrogen-bond donors (Lipinski definition) is 2. The molecule has 0 aliphatic rings.